The van der Waals surface area contributed by atoms with E-state index in [0.717, 1.165) is 12.8 Å². The molecular formula is C22H27N. The molecule has 0 atom stereocenters. The maximum atomic E-state index is 6.49. The molecule has 2 aromatic rings. The van der Waals surface area contributed by atoms with Gasteiger partial charge in [-0.1, -0.05) is 86.7 Å². The van der Waals surface area contributed by atoms with Gasteiger partial charge in [0.05, 0.1) is 0 Å². The lowest BCUT2D eigenvalue weighted by Gasteiger charge is -2.28. The van der Waals surface area contributed by atoms with Crippen LogP contribution in [0.25, 0.3) is 12.2 Å². The van der Waals surface area contributed by atoms with Crippen LogP contribution in [0.15, 0.2) is 60.7 Å². The van der Waals surface area contributed by atoms with Gasteiger partial charge in [-0.25, -0.2) is 0 Å². The lowest BCUT2D eigenvalue weighted by Crippen LogP contribution is -2.35. The van der Waals surface area contributed by atoms with Crippen molar-refractivity contribution in [1.82, 2.24) is 0 Å². The molecular weight excluding hydrogens is 278 g/mol. The van der Waals surface area contributed by atoms with Crippen molar-refractivity contribution < 1.29 is 0 Å². The molecule has 0 aromatic heterocycles. The Balaban J connectivity index is 2.12. The Kier molecular flexibility index (Phi) is 5.95. The molecule has 120 valence electrons. The van der Waals surface area contributed by atoms with Crippen LogP contribution in [0.4, 0.5) is 0 Å². The SMILES string of the molecule is CCC(N)(CC)c1ccc(/C=C/C=C/c2ccccc2)c(C)c1. The van der Waals surface area contributed by atoms with E-state index in [4.69, 9.17) is 5.73 Å². The van der Waals surface area contributed by atoms with Gasteiger partial charge in [0.15, 0.2) is 0 Å². The fraction of sp³-hybridized carbons (Fsp3) is 0.273. The highest BCUT2D eigenvalue weighted by molar-refractivity contribution is 5.59. The largest absolute Gasteiger partial charge is 0.321 e. The Bertz CT molecular complexity index is 676. The smallest absolute Gasteiger partial charge is 0.0404 e. The second kappa shape index (κ2) is 7.94. The van der Waals surface area contributed by atoms with Gasteiger partial charge in [-0.2, -0.15) is 0 Å². The van der Waals surface area contributed by atoms with Crippen LogP contribution in [0.5, 0.6) is 0 Å². The normalized spacial score (nSPS) is 12.3. The second-order valence-electron chi connectivity index (χ2n) is 6.06. The highest BCUT2D eigenvalue weighted by Gasteiger charge is 2.22. The molecule has 0 saturated heterocycles. The summed E-state index contributed by atoms with van der Waals surface area (Å²) in [4.78, 5) is 0. The Morgan fingerprint density at radius 1 is 0.913 bits per heavy atom. The fourth-order valence-corrected chi connectivity index (χ4v) is 2.72. The van der Waals surface area contributed by atoms with E-state index >= 15 is 0 Å². The average molecular weight is 305 g/mol. The van der Waals surface area contributed by atoms with Crippen molar-refractivity contribution in [2.24, 2.45) is 5.73 Å². The lowest BCUT2D eigenvalue weighted by molar-refractivity contribution is 0.412. The minimum absolute atomic E-state index is 0.208. The molecule has 0 unspecified atom stereocenters. The number of hydrogen-bond donors (Lipinski definition) is 1. The third-order valence-electron chi connectivity index (χ3n) is 4.58. The first-order valence-corrected chi connectivity index (χ1v) is 8.39. The highest BCUT2D eigenvalue weighted by Crippen LogP contribution is 2.27. The Morgan fingerprint density at radius 3 is 2.17 bits per heavy atom. The van der Waals surface area contributed by atoms with Gasteiger partial charge < -0.3 is 5.73 Å². The molecule has 0 aliphatic rings. The molecule has 23 heavy (non-hydrogen) atoms. The van der Waals surface area contributed by atoms with Gasteiger partial charge in [0.1, 0.15) is 0 Å². The maximum Gasteiger partial charge on any atom is 0.0404 e. The molecule has 0 heterocycles. The summed E-state index contributed by atoms with van der Waals surface area (Å²) in [6.07, 6.45) is 10.3. The quantitative estimate of drug-likeness (QED) is 0.681. The van der Waals surface area contributed by atoms with Gasteiger partial charge in [0, 0.05) is 5.54 Å². The lowest BCUT2D eigenvalue weighted by atomic mass is 9.84. The van der Waals surface area contributed by atoms with Crippen LogP contribution in [0.2, 0.25) is 0 Å². The van der Waals surface area contributed by atoms with Crippen molar-refractivity contribution in [3.05, 3.63) is 82.9 Å². The zero-order chi connectivity index (χ0) is 16.7. The van der Waals surface area contributed by atoms with Crippen LogP contribution in [-0.2, 0) is 5.54 Å². The summed E-state index contributed by atoms with van der Waals surface area (Å²) in [5.41, 5.74) is 11.2. The minimum atomic E-state index is -0.208. The monoisotopic (exact) mass is 305 g/mol. The number of allylic oxidation sites excluding steroid dienone is 2. The zero-order valence-corrected chi connectivity index (χ0v) is 14.4. The van der Waals surface area contributed by atoms with E-state index in [1.807, 2.05) is 18.2 Å². The molecule has 2 rings (SSSR count). The van der Waals surface area contributed by atoms with E-state index in [-0.39, 0.29) is 5.54 Å². The first-order chi connectivity index (χ1) is 11.1. The Labute approximate surface area is 140 Å². The molecule has 2 aromatic carbocycles. The first-order valence-electron chi connectivity index (χ1n) is 8.39. The summed E-state index contributed by atoms with van der Waals surface area (Å²) in [7, 11) is 0. The summed E-state index contributed by atoms with van der Waals surface area (Å²) in [5.74, 6) is 0. The third kappa shape index (κ3) is 4.43. The van der Waals surface area contributed by atoms with Crippen molar-refractivity contribution in [1.29, 1.82) is 0 Å². The van der Waals surface area contributed by atoms with Crippen molar-refractivity contribution in [2.75, 3.05) is 0 Å². The van der Waals surface area contributed by atoms with Crippen LogP contribution >= 0.6 is 0 Å². The Morgan fingerprint density at radius 2 is 1.57 bits per heavy atom. The average Bonchev–Trinajstić information content (AvgIpc) is 2.60. The number of rotatable bonds is 6. The summed E-state index contributed by atoms with van der Waals surface area (Å²) in [6, 6.07) is 16.9. The van der Waals surface area contributed by atoms with E-state index in [0.29, 0.717) is 0 Å². The zero-order valence-electron chi connectivity index (χ0n) is 14.4. The van der Waals surface area contributed by atoms with Crippen LogP contribution < -0.4 is 5.73 Å². The third-order valence-corrected chi connectivity index (χ3v) is 4.58. The summed E-state index contributed by atoms with van der Waals surface area (Å²) >= 11 is 0. The standard InChI is InChI=1S/C22H27N/c1-4-22(23,5-2)21-16-15-20(18(3)17-21)14-10-9-13-19-11-7-6-8-12-19/h6-17H,4-5,23H2,1-3H3/b13-9+,14-10+. The van der Waals surface area contributed by atoms with Gasteiger partial charge in [0.2, 0.25) is 0 Å². The van der Waals surface area contributed by atoms with Gasteiger partial charge in [-0.15, -0.1) is 0 Å². The van der Waals surface area contributed by atoms with E-state index < -0.39 is 0 Å². The van der Waals surface area contributed by atoms with Crippen LogP contribution in [0.3, 0.4) is 0 Å². The number of nitrogens with two attached hydrogens (primary N) is 1. The van der Waals surface area contributed by atoms with Gasteiger partial charge in [-0.3, -0.25) is 0 Å². The maximum absolute atomic E-state index is 6.49. The first kappa shape index (κ1) is 17.2. The summed E-state index contributed by atoms with van der Waals surface area (Å²) in [5, 5.41) is 0. The molecule has 0 spiro atoms. The number of benzene rings is 2. The number of aryl methyl sites for hydroxylation is 1. The van der Waals surface area contributed by atoms with E-state index in [1.165, 1.54) is 22.3 Å². The van der Waals surface area contributed by atoms with Gasteiger partial charge >= 0.3 is 0 Å². The molecule has 2 N–H and O–H groups in total. The van der Waals surface area contributed by atoms with E-state index in [2.05, 4.69) is 75.4 Å². The molecule has 0 bridgehead atoms. The highest BCUT2D eigenvalue weighted by atomic mass is 14.7. The number of hydrogen-bond acceptors (Lipinski definition) is 1. The van der Waals surface area contributed by atoms with E-state index in [9.17, 15) is 0 Å². The van der Waals surface area contributed by atoms with Crippen molar-refractivity contribution in [3.63, 3.8) is 0 Å². The second-order valence-corrected chi connectivity index (χ2v) is 6.06. The molecule has 0 aliphatic heterocycles. The molecule has 0 amide bonds. The van der Waals surface area contributed by atoms with Crippen LogP contribution in [0.1, 0.15) is 48.9 Å². The molecule has 0 saturated carbocycles. The van der Waals surface area contributed by atoms with Gasteiger partial charge in [-0.05, 0) is 42.0 Å². The van der Waals surface area contributed by atoms with Crippen molar-refractivity contribution in [2.45, 2.75) is 39.2 Å². The molecule has 0 fully saturated rings. The Hall–Kier alpha value is -2.12. The topological polar surface area (TPSA) is 26.0 Å². The van der Waals surface area contributed by atoms with Crippen molar-refractivity contribution in [3.8, 4) is 0 Å². The van der Waals surface area contributed by atoms with Crippen LogP contribution in [0, 0.1) is 6.92 Å². The molecule has 0 aliphatic carbocycles. The van der Waals surface area contributed by atoms with Crippen LogP contribution in [-0.4, -0.2) is 0 Å². The predicted octanol–water partition coefficient (Wildman–Crippen LogP) is 5.70. The molecule has 1 heteroatoms. The van der Waals surface area contributed by atoms with Gasteiger partial charge in [0.25, 0.3) is 0 Å². The van der Waals surface area contributed by atoms with E-state index in [1.54, 1.807) is 0 Å². The molecule has 1 nitrogen and oxygen atoms in total. The molecule has 0 radical (unpaired) electrons. The summed E-state index contributed by atoms with van der Waals surface area (Å²) < 4.78 is 0. The predicted molar refractivity (Wildman–Crippen MR) is 102 cm³/mol. The minimum Gasteiger partial charge on any atom is -0.321 e. The fourth-order valence-electron chi connectivity index (χ4n) is 2.72. The summed E-state index contributed by atoms with van der Waals surface area (Å²) in [6.45, 7) is 6.46. The van der Waals surface area contributed by atoms with Crippen molar-refractivity contribution >= 4 is 12.2 Å².